The number of rotatable bonds is 8. The third-order valence-electron chi connectivity index (χ3n) is 4.93. The number of nitrogens with one attached hydrogen (secondary N) is 1. The molecule has 3 rings (SSSR count). The third kappa shape index (κ3) is 5.95. The Labute approximate surface area is 159 Å². The molecule has 0 aliphatic carbocycles. The fraction of sp³-hybridized carbons (Fsp3) is 0.667. The molecule has 1 aromatic heterocycles. The molecule has 0 bridgehead atoms. The van der Waals surface area contributed by atoms with E-state index in [1.165, 1.54) is 0 Å². The van der Waals surface area contributed by atoms with Crippen LogP contribution < -0.4 is 10.2 Å². The summed E-state index contributed by atoms with van der Waals surface area (Å²) in [6.45, 7) is 8.87. The van der Waals surface area contributed by atoms with Crippen LogP contribution in [0, 0.1) is 0 Å². The molecule has 1 amide bonds. The maximum atomic E-state index is 12.0. The van der Waals surface area contributed by atoms with Gasteiger partial charge in [-0.15, -0.1) is 0 Å². The normalized spacial score (nSPS) is 18.5. The lowest BCUT2D eigenvalue weighted by Gasteiger charge is -2.34. The number of aldehydes is 1. The summed E-state index contributed by atoms with van der Waals surface area (Å²) in [5, 5.41) is 3.25. The molecule has 1 N–H and O–H groups in total. The molecule has 148 valence electrons. The monoisotopic (exact) mass is 376 g/mol. The van der Waals surface area contributed by atoms with Gasteiger partial charge in [0.2, 0.25) is 11.9 Å². The van der Waals surface area contributed by atoms with Gasteiger partial charge in [-0.1, -0.05) is 0 Å². The summed E-state index contributed by atoms with van der Waals surface area (Å²) in [6.07, 6.45) is 4.31. The van der Waals surface area contributed by atoms with Crippen LogP contribution in [-0.2, 0) is 9.53 Å². The Kier molecular flexibility index (Phi) is 7.49. The smallest absolute Gasteiger partial charge is 0.225 e. The molecule has 2 aliphatic heterocycles. The van der Waals surface area contributed by atoms with Gasteiger partial charge in [0.05, 0.1) is 25.2 Å². The van der Waals surface area contributed by atoms with Crippen molar-refractivity contribution in [3.8, 4) is 0 Å². The number of carbonyl (C=O) groups excluding carboxylic acids is 2. The fourth-order valence-electron chi connectivity index (χ4n) is 3.25. The quantitative estimate of drug-likeness (QED) is 0.468. The van der Waals surface area contributed by atoms with Gasteiger partial charge in [-0.3, -0.25) is 14.5 Å². The zero-order valence-corrected chi connectivity index (χ0v) is 15.7. The summed E-state index contributed by atoms with van der Waals surface area (Å²) in [7, 11) is 0. The number of ether oxygens (including phenoxy) is 1. The van der Waals surface area contributed by atoms with E-state index in [4.69, 9.17) is 4.74 Å². The van der Waals surface area contributed by atoms with E-state index in [0.29, 0.717) is 31.1 Å². The lowest BCUT2D eigenvalue weighted by molar-refractivity contribution is -0.132. The molecule has 1 aromatic rings. The first-order chi connectivity index (χ1) is 13.3. The molecule has 2 aliphatic rings. The molecular weight excluding hydrogens is 348 g/mol. The average molecular weight is 376 g/mol. The van der Waals surface area contributed by atoms with Crippen LogP contribution in [-0.4, -0.2) is 104 Å². The van der Waals surface area contributed by atoms with E-state index in [9.17, 15) is 9.59 Å². The Hall–Kier alpha value is -2.10. The number of amides is 1. The standard InChI is InChI=1S/C18H28N6O3/c25-15-16-13-20-18(21-14-16)24-8-6-22(7-9-24)10-12-27-11-1-17(26)23-4-2-19-3-5-23/h13-15,19H,1-12H2. The molecule has 2 saturated heterocycles. The second-order valence-electron chi connectivity index (χ2n) is 6.76. The molecule has 9 heteroatoms. The minimum atomic E-state index is 0.186. The predicted molar refractivity (Wildman–Crippen MR) is 101 cm³/mol. The molecule has 0 saturated carbocycles. The van der Waals surface area contributed by atoms with Crippen LogP contribution in [0.4, 0.5) is 5.95 Å². The van der Waals surface area contributed by atoms with Gasteiger partial charge in [-0.2, -0.15) is 0 Å². The molecule has 0 aromatic carbocycles. The van der Waals surface area contributed by atoms with E-state index < -0.39 is 0 Å². The van der Waals surface area contributed by atoms with Crippen LogP contribution in [0.25, 0.3) is 0 Å². The summed E-state index contributed by atoms with van der Waals surface area (Å²) in [5.74, 6) is 0.855. The highest BCUT2D eigenvalue weighted by Crippen LogP contribution is 2.10. The van der Waals surface area contributed by atoms with Crippen molar-refractivity contribution in [2.24, 2.45) is 0 Å². The molecule has 0 spiro atoms. The van der Waals surface area contributed by atoms with Crippen molar-refractivity contribution in [1.82, 2.24) is 25.1 Å². The van der Waals surface area contributed by atoms with Gasteiger partial charge in [0.1, 0.15) is 0 Å². The van der Waals surface area contributed by atoms with E-state index in [-0.39, 0.29) is 5.91 Å². The number of hydrogen-bond acceptors (Lipinski definition) is 8. The van der Waals surface area contributed by atoms with Crippen molar-refractivity contribution in [2.75, 3.05) is 77.0 Å². The molecule has 0 atom stereocenters. The maximum absolute atomic E-state index is 12.0. The minimum absolute atomic E-state index is 0.186. The molecule has 9 nitrogen and oxygen atoms in total. The van der Waals surface area contributed by atoms with E-state index in [1.807, 2.05) is 4.90 Å². The lowest BCUT2D eigenvalue weighted by Crippen LogP contribution is -2.48. The maximum Gasteiger partial charge on any atom is 0.225 e. The van der Waals surface area contributed by atoms with Crippen LogP contribution in [0.5, 0.6) is 0 Å². The SMILES string of the molecule is O=Cc1cnc(N2CCN(CCOCCC(=O)N3CCNCC3)CC2)nc1. The Balaban J connectivity index is 1.27. The first-order valence-electron chi connectivity index (χ1n) is 9.57. The highest BCUT2D eigenvalue weighted by molar-refractivity contribution is 5.76. The third-order valence-corrected chi connectivity index (χ3v) is 4.93. The van der Waals surface area contributed by atoms with Gasteiger partial charge in [0, 0.05) is 71.3 Å². The summed E-state index contributed by atoms with van der Waals surface area (Å²) in [4.78, 5) is 37.6. The van der Waals surface area contributed by atoms with Crippen molar-refractivity contribution in [3.05, 3.63) is 18.0 Å². The first-order valence-corrected chi connectivity index (χ1v) is 9.57. The van der Waals surface area contributed by atoms with Gasteiger partial charge in [0.25, 0.3) is 0 Å². The number of nitrogens with zero attached hydrogens (tertiary/aromatic N) is 5. The number of carbonyl (C=O) groups is 2. The summed E-state index contributed by atoms with van der Waals surface area (Å²) < 4.78 is 5.66. The molecule has 0 unspecified atom stereocenters. The molecule has 3 heterocycles. The zero-order valence-electron chi connectivity index (χ0n) is 15.7. The summed E-state index contributed by atoms with van der Waals surface area (Å²) >= 11 is 0. The number of aromatic nitrogens is 2. The van der Waals surface area contributed by atoms with E-state index in [1.54, 1.807) is 12.4 Å². The van der Waals surface area contributed by atoms with Crippen molar-refractivity contribution in [2.45, 2.75) is 6.42 Å². The summed E-state index contributed by atoms with van der Waals surface area (Å²) in [5.41, 5.74) is 0.491. The van der Waals surface area contributed by atoms with Gasteiger partial charge in [0.15, 0.2) is 6.29 Å². The molecule has 27 heavy (non-hydrogen) atoms. The number of hydrogen-bond donors (Lipinski definition) is 1. The van der Waals surface area contributed by atoms with Crippen LogP contribution in [0.1, 0.15) is 16.8 Å². The fourth-order valence-corrected chi connectivity index (χ4v) is 3.25. The second kappa shape index (κ2) is 10.3. The molecule has 0 radical (unpaired) electrons. The average Bonchev–Trinajstić information content (AvgIpc) is 2.74. The van der Waals surface area contributed by atoms with Gasteiger partial charge < -0.3 is 19.9 Å². The van der Waals surface area contributed by atoms with E-state index >= 15 is 0 Å². The largest absolute Gasteiger partial charge is 0.380 e. The zero-order chi connectivity index (χ0) is 18.9. The van der Waals surface area contributed by atoms with Crippen LogP contribution in [0.15, 0.2) is 12.4 Å². The van der Waals surface area contributed by atoms with E-state index in [2.05, 4.69) is 25.1 Å². The second-order valence-corrected chi connectivity index (χ2v) is 6.76. The van der Waals surface area contributed by atoms with Gasteiger partial charge >= 0.3 is 0 Å². The van der Waals surface area contributed by atoms with E-state index in [0.717, 1.165) is 65.2 Å². The first kappa shape index (κ1) is 19.7. The predicted octanol–water partition coefficient (Wildman–Crippen LogP) is -0.750. The van der Waals surface area contributed by atoms with Crippen molar-refractivity contribution >= 4 is 18.1 Å². The Morgan fingerprint density at radius 3 is 2.44 bits per heavy atom. The number of piperazine rings is 2. The Bertz CT molecular complexity index is 598. The summed E-state index contributed by atoms with van der Waals surface area (Å²) in [6, 6.07) is 0. The highest BCUT2D eigenvalue weighted by Gasteiger charge is 2.19. The van der Waals surface area contributed by atoms with Gasteiger partial charge in [-0.25, -0.2) is 9.97 Å². The van der Waals surface area contributed by atoms with Crippen LogP contribution in [0.2, 0.25) is 0 Å². The minimum Gasteiger partial charge on any atom is -0.380 e. The number of anilines is 1. The van der Waals surface area contributed by atoms with Crippen LogP contribution >= 0.6 is 0 Å². The Morgan fingerprint density at radius 2 is 1.78 bits per heavy atom. The van der Waals surface area contributed by atoms with Crippen LogP contribution in [0.3, 0.4) is 0 Å². The van der Waals surface area contributed by atoms with Gasteiger partial charge in [-0.05, 0) is 0 Å². The Morgan fingerprint density at radius 1 is 1.07 bits per heavy atom. The molecule has 2 fully saturated rings. The van der Waals surface area contributed by atoms with Crippen molar-refractivity contribution in [1.29, 1.82) is 0 Å². The van der Waals surface area contributed by atoms with Crippen molar-refractivity contribution in [3.63, 3.8) is 0 Å². The highest BCUT2D eigenvalue weighted by atomic mass is 16.5. The lowest BCUT2D eigenvalue weighted by atomic mass is 10.3. The molecular formula is C18H28N6O3. The van der Waals surface area contributed by atoms with Crippen molar-refractivity contribution < 1.29 is 14.3 Å². The topological polar surface area (TPSA) is 90.9 Å².